The summed E-state index contributed by atoms with van der Waals surface area (Å²) in [5.74, 6) is 0.145. The van der Waals surface area contributed by atoms with Crippen LogP contribution in [0.2, 0.25) is 0 Å². The molecular formula is C27H38N4O8S2. The Morgan fingerprint density at radius 2 is 1.80 bits per heavy atom. The fourth-order valence-electron chi connectivity index (χ4n) is 5.04. The molecule has 0 aromatic heterocycles. The molecule has 2 saturated heterocycles. The summed E-state index contributed by atoms with van der Waals surface area (Å²) in [7, 11) is -2.68. The Balaban J connectivity index is 1.23. The Morgan fingerprint density at radius 3 is 2.44 bits per heavy atom. The van der Waals surface area contributed by atoms with Gasteiger partial charge in [0.25, 0.3) is 5.91 Å². The van der Waals surface area contributed by atoms with Crippen LogP contribution in [0.5, 0.6) is 5.75 Å². The van der Waals surface area contributed by atoms with E-state index in [0.29, 0.717) is 50.3 Å². The fourth-order valence-corrected chi connectivity index (χ4v) is 7.24. The third-order valence-electron chi connectivity index (χ3n) is 7.46. The van der Waals surface area contributed by atoms with Crippen LogP contribution in [0.3, 0.4) is 0 Å². The minimum Gasteiger partial charge on any atom is -0.491 e. The first kappa shape index (κ1) is 31.3. The smallest absolute Gasteiger partial charge is 0.253 e. The van der Waals surface area contributed by atoms with Gasteiger partial charge in [-0.1, -0.05) is 6.07 Å². The summed E-state index contributed by atoms with van der Waals surface area (Å²) in [6.07, 6.45) is 0.973. The molecule has 2 aliphatic heterocycles. The van der Waals surface area contributed by atoms with E-state index in [1.165, 1.54) is 52.7 Å². The minimum absolute atomic E-state index is 0.00122. The highest BCUT2D eigenvalue weighted by Gasteiger charge is 2.44. The normalized spacial score (nSPS) is 20.1. The van der Waals surface area contributed by atoms with Crippen LogP contribution in [0.25, 0.3) is 0 Å². The molecular weight excluding hydrogens is 572 g/mol. The van der Waals surface area contributed by atoms with Gasteiger partial charge in [0.05, 0.1) is 22.0 Å². The van der Waals surface area contributed by atoms with Gasteiger partial charge >= 0.3 is 0 Å². The number of sulfonamides is 2. The molecule has 226 valence electrons. The Hall–Kier alpha value is -2.59. The van der Waals surface area contributed by atoms with Gasteiger partial charge in [-0.15, -0.1) is 0 Å². The highest BCUT2D eigenvalue weighted by atomic mass is 32.2. The van der Waals surface area contributed by atoms with E-state index in [1.807, 2.05) is 0 Å². The molecule has 0 bridgehead atoms. The predicted octanol–water partition coefficient (Wildman–Crippen LogP) is 0.638. The zero-order valence-corrected chi connectivity index (χ0v) is 25.1. The number of benzene rings is 2. The molecule has 2 fully saturated rings. The first-order valence-corrected chi connectivity index (χ1v) is 16.3. The zero-order valence-electron chi connectivity index (χ0n) is 23.4. The predicted molar refractivity (Wildman–Crippen MR) is 152 cm³/mol. The summed E-state index contributed by atoms with van der Waals surface area (Å²) < 4.78 is 65.8. The van der Waals surface area contributed by atoms with Crippen LogP contribution in [-0.4, -0.2) is 109 Å². The average molecular weight is 611 g/mol. The van der Waals surface area contributed by atoms with Gasteiger partial charge in [-0.2, -0.15) is 4.31 Å². The van der Waals surface area contributed by atoms with Gasteiger partial charge in [-0.05, 0) is 62.7 Å². The van der Waals surface area contributed by atoms with Crippen molar-refractivity contribution in [1.29, 1.82) is 0 Å². The van der Waals surface area contributed by atoms with Crippen LogP contribution in [-0.2, 0) is 24.8 Å². The molecule has 2 atom stereocenters. The first-order valence-electron chi connectivity index (χ1n) is 13.4. The second kappa shape index (κ2) is 12.7. The largest absolute Gasteiger partial charge is 0.491 e. The Kier molecular flexibility index (Phi) is 9.74. The molecule has 2 aromatic carbocycles. The molecule has 2 aliphatic rings. The van der Waals surface area contributed by atoms with Crippen molar-refractivity contribution in [1.82, 2.24) is 19.2 Å². The van der Waals surface area contributed by atoms with Crippen molar-refractivity contribution in [3.05, 3.63) is 54.1 Å². The molecule has 1 amide bonds. The van der Waals surface area contributed by atoms with Crippen LogP contribution in [0.4, 0.5) is 0 Å². The van der Waals surface area contributed by atoms with E-state index in [0.717, 1.165) is 0 Å². The number of piperidine rings is 1. The standard InChI is InChI=1S/C27H38N4O8S2/c1-28-40(34,35)25-6-4-5-23(15-25)38-19-22(32)17-29-21-16-27(39-18-21)11-13-31(14-12-27)41(36,37)24-9-7-20(8-10-24)26(33)30(2)3/h4-10,15,21-22,28-29,32H,11-14,16-19H2,1-3H3. The summed E-state index contributed by atoms with van der Waals surface area (Å²) in [6.45, 7) is 1.33. The van der Waals surface area contributed by atoms with Crippen LogP contribution in [0, 0.1) is 0 Å². The number of aliphatic hydroxyl groups is 1. The molecule has 41 heavy (non-hydrogen) atoms. The molecule has 0 radical (unpaired) electrons. The topological polar surface area (TPSA) is 155 Å². The zero-order chi connectivity index (χ0) is 29.8. The third-order valence-corrected chi connectivity index (χ3v) is 10.8. The van der Waals surface area contributed by atoms with E-state index in [-0.39, 0.29) is 34.9 Å². The fraction of sp³-hybridized carbons (Fsp3) is 0.519. The van der Waals surface area contributed by atoms with Gasteiger partial charge in [0.2, 0.25) is 20.0 Å². The van der Waals surface area contributed by atoms with Gasteiger partial charge in [0, 0.05) is 51.4 Å². The molecule has 14 heteroatoms. The number of carbonyl (C=O) groups excluding carboxylic acids is 1. The van der Waals surface area contributed by atoms with Crippen molar-refractivity contribution in [3.8, 4) is 5.75 Å². The van der Waals surface area contributed by atoms with Crippen molar-refractivity contribution in [2.45, 2.75) is 46.8 Å². The van der Waals surface area contributed by atoms with Crippen LogP contribution in [0.15, 0.2) is 58.3 Å². The molecule has 3 N–H and O–H groups in total. The number of carbonyl (C=O) groups is 1. The van der Waals surface area contributed by atoms with Crippen LogP contribution >= 0.6 is 0 Å². The second-order valence-electron chi connectivity index (χ2n) is 10.6. The van der Waals surface area contributed by atoms with Crippen molar-refractivity contribution in [3.63, 3.8) is 0 Å². The molecule has 0 aliphatic carbocycles. The van der Waals surface area contributed by atoms with Crippen molar-refractivity contribution < 1.29 is 36.2 Å². The lowest BCUT2D eigenvalue weighted by atomic mass is 9.88. The number of ether oxygens (including phenoxy) is 2. The number of nitrogens with one attached hydrogen (secondary N) is 2. The molecule has 2 aromatic rings. The quantitative estimate of drug-likeness (QED) is 0.333. The SMILES string of the molecule is CNS(=O)(=O)c1cccc(OCC(O)CNC2COC3(CCN(S(=O)(=O)c4ccc(C(=O)N(C)C)cc4)CC3)C2)c1. The molecule has 2 unspecified atom stereocenters. The summed E-state index contributed by atoms with van der Waals surface area (Å²) in [5.41, 5.74) is 0.00197. The summed E-state index contributed by atoms with van der Waals surface area (Å²) in [5, 5.41) is 13.7. The summed E-state index contributed by atoms with van der Waals surface area (Å²) >= 11 is 0. The van der Waals surface area contributed by atoms with Crippen molar-refractivity contribution in [2.75, 3.05) is 54.0 Å². The Labute approximate surface area is 241 Å². The van der Waals surface area contributed by atoms with Crippen LogP contribution < -0.4 is 14.8 Å². The number of rotatable bonds is 11. The summed E-state index contributed by atoms with van der Waals surface area (Å²) in [4.78, 5) is 13.8. The van der Waals surface area contributed by atoms with E-state index in [4.69, 9.17) is 9.47 Å². The maximum absolute atomic E-state index is 13.2. The van der Waals surface area contributed by atoms with E-state index in [2.05, 4.69) is 10.0 Å². The monoisotopic (exact) mass is 610 g/mol. The number of amides is 1. The lowest BCUT2D eigenvalue weighted by Gasteiger charge is -2.38. The average Bonchev–Trinajstić information content (AvgIpc) is 3.36. The maximum Gasteiger partial charge on any atom is 0.253 e. The molecule has 4 rings (SSSR count). The van der Waals surface area contributed by atoms with E-state index in [9.17, 15) is 26.7 Å². The molecule has 2 heterocycles. The van der Waals surface area contributed by atoms with Gasteiger partial charge in [-0.3, -0.25) is 4.79 Å². The highest BCUT2D eigenvalue weighted by Crippen LogP contribution is 2.37. The molecule has 1 spiro atoms. The third kappa shape index (κ3) is 7.44. The second-order valence-corrected chi connectivity index (χ2v) is 14.4. The number of hydrogen-bond donors (Lipinski definition) is 3. The van der Waals surface area contributed by atoms with Gasteiger partial charge in [0.15, 0.2) is 0 Å². The molecule has 12 nitrogen and oxygen atoms in total. The Morgan fingerprint density at radius 1 is 1.12 bits per heavy atom. The van der Waals surface area contributed by atoms with Crippen LogP contribution in [0.1, 0.15) is 29.6 Å². The van der Waals surface area contributed by atoms with Gasteiger partial charge in [-0.25, -0.2) is 21.6 Å². The summed E-state index contributed by atoms with van der Waals surface area (Å²) in [6, 6.07) is 12.0. The molecule has 0 saturated carbocycles. The maximum atomic E-state index is 13.2. The van der Waals surface area contributed by atoms with E-state index >= 15 is 0 Å². The van der Waals surface area contributed by atoms with Gasteiger partial charge in [0.1, 0.15) is 18.5 Å². The van der Waals surface area contributed by atoms with E-state index in [1.54, 1.807) is 26.2 Å². The highest BCUT2D eigenvalue weighted by molar-refractivity contribution is 7.89. The Bertz CT molecular complexity index is 1420. The number of nitrogens with zero attached hydrogens (tertiary/aromatic N) is 2. The van der Waals surface area contributed by atoms with E-state index < -0.39 is 31.8 Å². The number of aliphatic hydroxyl groups excluding tert-OH is 1. The van der Waals surface area contributed by atoms with Gasteiger partial charge < -0.3 is 24.8 Å². The lowest BCUT2D eigenvalue weighted by Crippen LogP contribution is -2.47. The first-order chi connectivity index (χ1) is 19.3. The number of hydrogen-bond acceptors (Lipinski definition) is 9. The minimum atomic E-state index is -3.69. The lowest BCUT2D eigenvalue weighted by molar-refractivity contribution is -0.0312. The van der Waals surface area contributed by atoms with Crippen molar-refractivity contribution in [2.24, 2.45) is 0 Å². The van der Waals surface area contributed by atoms with Crippen molar-refractivity contribution >= 4 is 26.0 Å².